The second-order valence-electron chi connectivity index (χ2n) is 7.74. The third kappa shape index (κ3) is 2.53. The van der Waals surface area contributed by atoms with E-state index in [1.807, 2.05) is 0 Å². The molecule has 136 valence electrons. The highest BCUT2D eigenvalue weighted by Gasteiger charge is 2.23. The van der Waals surface area contributed by atoms with E-state index in [2.05, 4.69) is 115 Å². The van der Waals surface area contributed by atoms with Gasteiger partial charge in [-0.05, 0) is 49.4 Å². The molecule has 0 heteroatoms. The van der Waals surface area contributed by atoms with Gasteiger partial charge in [0.15, 0.2) is 0 Å². The monoisotopic (exact) mass is 368 g/mol. The number of fused-ring (bicyclic) bond motifs is 3. The van der Waals surface area contributed by atoms with Crippen molar-refractivity contribution in [2.24, 2.45) is 0 Å². The van der Waals surface area contributed by atoms with Crippen LogP contribution in [-0.4, -0.2) is 0 Å². The van der Waals surface area contributed by atoms with Gasteiger partial charge in [-0.15, -0.1) is 0 Å². The van der Waals surface area contributed by atoms with Gasteiger partial charge in [-0.1, -0.05) is 115 Å². The summed E-state index contributed by atoms with van der Waals surface area (Å²) in [6, 6.07) is 37.4. The molecule has 0 heterocycles. The molecule has 1 unspecified atom stereocenters. The molecule has 0 fully saturated rings. The molecule has 0 nitrogen and oxygen atoms in total. The zero-order valence-electron chi connectivity index (χ0n) is 16.0. The normalized spacial score (nSPS) is 15.1. The summed E-state index contributed by atoms with van der Waals surface area (Å²) in [5, 5.41) is 5.24. The van der Waals surface area contributed by atoms with Crippen molar-refractivity contribution in [2.75, 3.05) is 0 Å². The zero-order chi connectivity index (χ0) is 19.2. The summed E-state index contributed by atoms with van der Waals surface area (Å²) < 4.78 is 0. The quantitative estimate of drug-likeness (QED) is 0.298. The second-order valence-corrected chi connectivity index (χ2v) is 7.74. The van der Waals surface area contributed by atoms with Gasteiger partial charge in [-0.25, -0.2) is 0 Å². The molecule has 5 aromatic rings. The van der Waals surface area contributed by atoms with Crippen LogP contribution < -0.4 is 0 Å². The molecule has 0 amide bonds. The van der Waals surface area contributed by atoms with Crippen LogP contribution in [-0.2, 0) is 0 Å². The molecular weight excluding hydrogens is 348 g/mol. The average Bonchev–Trinajstić information content (AvgIpc) is 3.22. The Kier molecular flexibility index (Phi) is 3.64. The lowest BCUT2D eigenvalue weighted by molar-refractivity contribution is 1.07. The Labute approximate surface area is 170 Å². The van der Waals surface area contributed by atoms with Gasteiger partial charge in [-0.2, -0.15) is 0 Å². The van der Waals surface area contributed by atoms with Crippen LogP contribution in [0.2, 0.25) is 0 Å². The predicted molar refractivity (Wildman–Crippen MR) is 124 cm³/mol. The number of benzene rings is 5. The fraction of sp³-hybridized carbons (Fsp3) is 0.0345. The smallest absolute Gasteiger partial charge is 0.0285 e. The largest absolute Gasteiger partial charge is 0.0720 e. The van der Waals surface area contributed by atoms with E-state index in [1.54, 1.807) is 0 Å². The Morgan fingerprint density at radius 2 is 1.03 bits per heavy atom. The van der Waals surface area contributed by atoms with Crippen LogP contribution in [0.15, 0.2) is 109 Å². The molecule has 0 saturated heterocycles. The van der Waals surface area contributed by atoms with Crippen LogP contribution >= 0.6 is 0 Å². The summed E-state index contributed by atoms with van der Waals surface area (Å²) in [4.78, 5) is 0. The highest BCUT2D eigenvalue weighted by Crippen LogP contribution is 2.43. The molecule has 0 aromatic heterocycles. The van der Waals surface area contributed by atoms with Crippen LogP contribution in [0, 0.1) is 0 Å². The molecule has 0 aliphatic heterocycles. The Bertz CT molecular complexity index is 1390. The molecule has 29 heavy (non-hydrogen) atoms. The SMILES string of the molecule is C1=CC(c2cccc3ccccc23)c2cccc(-c3cccc4ccccc34)c21. The van der Waals surface area contributed by atoms with Gasteiger partial charge in [0.2, 0.25) is 0 Å². The van der Waals surface area contributed by atoms with E-state index in [-0.39, 0.29) is 0 Å². The van der Waals surface area contributed by atoms with Crippen molar-refractivity contribution in [1.29, 1.82) is 0 Å². The molecule has 6 rings (SSSR count). The Balaban J connectivity index is 1.56. The summed E-state index contributed by atoms with van der Waals surface area (Å²) in [7, 11) is 0. The molecule has 0 spiro atoms. The van der Waals surface area contributed by atoms with Gasteiger partial charge in [0, 0.05) is 5.92 Å². The van der Waals surface area contributed by atoms with Crippen LogP contribution in [0.1, 0.15) is 22.6 Å². The molecule has 0 bridgehead atoms. The van der Waals surface area contributed by atoms with Crippen molar-refractivity contribution >= 4 is 27.6 Å². The van der Waals surface area contributed by atoms with Crippen molar-refractivity contribution in [2.45, 2.75) is 5.92 Å². The lowest BCUT2D eigenvalue weighted by Gasteiger charge is -2.17. The average molecular weight is 368 g/mol. The number of allylic oxidation sites excluding steroid dienone is 1. The van der Waals surface area contributed by atoms with Gasteiger partial charge in [0.1, 0.15) is 0 Å². The summed E-state index contributed by atoms with van der Waals surface area (Å²) in [5.74, 6) is 0.297. The first kappa shape index (κ1) is 16.3. The minimum Gasteiger partial charge on any atom is -0.0720 e. The first-order valence-corrected chi connectivity index (χ1v) is 10.2. The van der Waals surface area contributed by atoms with Crippen LogP contribution in [0.3, 0.4) is 0 Å². The molecule has 0 N–H and O–H groups in total. The lowest BCUT2D eigenvalue weighted by atomic mass is 9.87. The van der Waals surface area contributed by atoms with Gasteiger partial charge in [0.05, 0.1) is 0 Å². The van der Waals surface area contributed by atoms with Crippen molar-refractivity contribution in [3.8, 4) is 11.1 Å². The fourth-order valence-corrected chi connectivity index (χ4v) is 4.82. The number of hydrogen-bond donors (Lipinski definition) is 0. The van der Waals surface area contributed by atoms with E-state index < -0.39 is 0 Å². The van der Waals surface area contributed by atoms with Crippen molar-refractivity contribution in [3.63, 3.8) is 0 Å². The topological polar surface area (TPSA) is 0 Å². The van der Waals surface area contributed by atoms with E-state index in [4.69, 9.17) is 0 Å². The molecule has 0 saturated carbocycles. The molecule has 1 aliphatic rings. The first-order chi connectivity index (χ1) is 14.4. The highest BCUT2D eigenvalue weighted by atomic mass is 14.3. The van der Waals surface area contributed by atoms with Crippen molar-refractivity contribution in [1.82, 2.24) is 0 Å². The first-order valence-electron chi connectivity index (χ1n) is 10.2. The summed E-state index contributed by atoms with van der Waals surface area (Å²) >= 11 is 0. The maximum atomic E-state index is 2.36. The van der Waals surface area contributed by atoms with Gasteiger partial charge < -0.3 is 0 Å². The second kappa shape index (κ2) is 6.46. The molecule has 1 aliphatic carbocycles. The number of hydrogen-bond acceptors (Lipinski definition) is 0. The van der Waals surface area contributed by atoms with E-state index in [0.717, 1.165) is 0 Å². The fourth-order valence-electron chi connectivity index (χ4n) is 4.82. The zero-order valence-corrected chi connectivity index (χ0v) is 16.0. The summed E-state index contributed by atoms with van der Waals surface area (Å²) in [5.41, 5.74) is 6.75. The third-order valence-electron chi connectivity index (χ3n) is 6.17. The molecular formula is C29H20. The minimum atomic E-state index is 0.297. The Hall–Kier alpha value is -3.64. The van der Waals surface area contributed by atoms with E-state index >= 15 is 0 Å². The highest BCUT2D eigenvalue weighted by molar-refractivity contribution is 5.99. The Morgan fingerprint density at radius 1 is 0.448 bits per heavy atom. The van der Waals surface area contributed by atoms with E-state index in [1.165, 1.54) is 49.4 Å². The summed E-state index contributed by atoms with van der Waals surface area (Å²) in [6.45, 7) is 0. The lowest BCUT2D eigenvalue weighted by Crippen LogP contribution is -1.98. The predicted octanol–water partition coefficient (Wildman–Crippen LogP) is 7.82. The summed E-state index contributed by atoms with van der Waals surface area (Å²) in [6.07, 6.45) is 4.68. The molecule has 0 radical (unpaired) electrons. The van der Waals surface area contributed by atoms with Crippen LogP contribution in [0.25, 0.3) is 38.7 Å². The molecule has 5 aromatic carbocycles. The molecule has 1 atom stereocenters. The van der Waals surface area contributed by atoms with Crippen LogP contribution in [0.5, 0.6) is 0 Å². The standard InChI is InChI=1S/C29H20/c1-3-12-22-20(8-1)10-5-14-24(22)26-16-7-17-27-28(18-19-29(26)27)25-15-6-11-21-9-2-4-13-23(21)25/h1-19,28H. The van der Waals surface area contributed by atoms with Crippen molar-refractivity contribution < 1.29 is 0 Å². The van der Waals surface area contributed by atoms with Gasteiger partial charge in [-0.3, -0.25) is 0 Å². The van der Waals surface area contributed by atoms with Crippen molar-refractivity contribution in [3.05, 3.63) is 126 Å². The Morgan fingerprint density at radius 3 is 1.90 bits per heavy atom. The number of rotatable bonds is 2. The van der Waals surface area contributed by atoms with Gasteiger partial charge >= 0.3 is 0 Å². The van der Waals surface area contributed by atoms with E-state index in [0.29, 0.717) is 5.92 Å². The maximum Gasteiger partial charge on any atom is 0.0285 e. The van der Waals surface area contributed by atoms with Gasteiger partial charge in [0.25, 0.3) is 0 Å². The maximum absolute atomic E-state index is 2.36. The third-order valence-corrected chi connectivity index (χ3v) is 6.17. The minimum absolute atomic E-state index is 0.297. The van der Waals surface area contributed by atoms with E-state index in [9.17, 15) is 0 Å². The van der Waals surface area contributed by atoms with Crippen LogP contribution in [0.4, 0.5) is 0 Å².